The first-order chi connectivity index (χ1) is 11.4. The second-order valence-electron chi connectivity index (χ2n) is 5.65. The van der Waals surface area contributed by atoms with Crippen molar-refractivity contribution >= 4 is 17.1 Å². The maximum absolute atomic E-state index is 2.26. The summed E-state index contributed by atoms with van der Waals surface area (Å²) in [5.74, 6) is 0. The van der Waals surface area contributed by atoms with Gasteiger partial charge in [-0.15, -0.1) is 0 Å². The lowest BCUT2D eigenvalue weighted by atomic mass is 10.1. The molecule has 0 unspecified atom stereocenters. The van der Waals surface area contributed by atoms with E-state index in [0.717, 1.165) is 0 Å². The fourth-order valence-corrected chi connectivity index (χ4v) is 3.30. The fourth-order valence-electron chi connectivity index (χ4n) is 3.30. The van der Waals surface area contributed by atoms with Gasteiger partial charge in [0, 0.05) is 35.9 Å². The Hall–Kier alpha value is -2.90. The zero-order chi connectivity index (χ0) is 15.5. The standard InChI is InChI=1S/C22H18N/c1-4-11-19(12-5-1)22-17-10-18-23(22,20-13-6-2-7-14-20)21-15-8-3-9-16-21/h1-18H/q+1. The van der Waals surface area contributed by atoms with E-state index in [-0.39, 0.29) is 0 Å². The van der Waals surface area contributed by atoms with E-state index in [1.54, 1.807) is 0 Å². The summed E-state index contributed by atoms with van der Waals surface area (Å²) in [6.07, 6.45) is 6.63. The van der Waals surface area contributed by atoms with Crippen LogP contribution in [0, 0.1) is 0 Å². The Labute approximate surface area is 137 Å². The van der Waals surface area contributed by atoms with Gasteiger partial charge in [-0.3, -0.25) is 0 Å². The van der Waals surface area contributed by atoms with Crippen molar-refractivity contribution in [3.8, 4) is 0 Å². The minimum absolute atomic E-state index is 0.617. The summed E-state index contributed by atoms with van der Waals surface area (Å²) in [6.45, 7) is 0. The number of hydrogen-bond acceptors (Lipinski definition) is 0. The molecule has 110 valence electrons. The van der Waals surface area contributed by atoms with Crippen molar-refractivity contribution in [3.63, 3.8) is 0 Å². The van der Waals surface area contributed by atoms with Gasteiger partial charge in [-0.05, 0) is 18.2 Å². The van der Waals surface area contributed by atoms with Gasteiger partial charge in [0.2, 0.25) is 0 Å². The number of rotatable bonds is 3. The largest absolute Gasteiger partial charge is 0.200 e. The molecule has 1 aliphatic heterocycles. The lowest BCUT2D eigenvalue weighted by molar-refractivity contribution is 0.711. The zero-order valence-electron chi connectivity index (χ0n) is 12.8. The molecular formula is C22H18N+. The molecule has 0 radical (unpaired) electrons. The summed E-state index contributed by atoms with van der Waals surface area (Å²) in [4.78, 5) is 0. The van der Waals surface area contributed by atoms with Gasteiger partial charge in [-0.25, -0.2) is 0 Å². The number of benzene rings is 3. The molecule has 3 aromatic rings. The average Bonchev–Trinajstić information content (AvgIpc) is 3.10. The number of allylic oxidation sites excluding steroid dienone is 2. The molecular weight excluding hydrogens is 278 g/mol. The second-order valence-corrected chi connectivity index (χ2v) is 5.65. The van der Waals surface area contributed by atoms with Crippen LogP contribution in [0.5, 0.6) is 0 Å². The van der Waals surface area contributed by atoms with E-state index in [1.165, 1.54) is 22.6 Å². The van der Waals surface area contributed by atoms with Crippen LogP contribution < -0.4 is 4.48 Å². The fraction of sp³-hybridized carbons (Fsp3) is 0. The Morgan fingerprint density at radius 2 is 1.00 bits per heavy atom. The first kappa shape index (κ1) is 13.7. The molecule has 23 heavy (non-hydrogen) atoms. The van der Waals surface area contributed by atoms with Crippen molar-refractivity contribution in [1.29, 1.82) is 0 Å². The molecule has 0 fully saturated rings. The van der Waals surface area contributed by atoms with Crippen LogP contribution in [-0.4, -0.2) is 0 Å². The molecule has 0 saturated carbocycles. The van der Waals surface area contributed by atoms with E-state index in [4.69, 9.17) is 0 Å². The minimum atomic E-state index is 0.617. The Kier molecular flexibility index (Phi) is 3.41. The molecule has 0 amide bonds. The number of hydrogen-bond donors (Lipinski definition) is 0. The Morgan fingerprint density at radius 3 is 1.52 bits per heavy atom. The summed E-state index contributed by atoms with van der Waals surface area (Å²) >= 11 is 0. The summed E-state index contributed by atoms with van der Waals surface area (Å²) in [5, 5.41) is 0. The van der Waals surface area contributed by atoms with Crippen LogP contribution in [-0.2, 0) is 0 Å². The summed E-state index contributed by atoms with van der Waals surface area (Å²) in [7, 11) is 0. The van der Waals surface area contributed by atoms with Crippen LogP contribution in [0.3, 0.4) is 0 Å². The SMILES string of the molecule is C1=C[N+](c2ccccc2)(c2ccccc2)C(c2ccccc2)=C1. The molecule has 1 aliphatic rings. The molecule has 1 heterocycles. The van der Waals surface area contributed by atoms with E-state index in [0.29, 0.717) is 4.48 Å². The number of para-hydroxylation sites is 2. The van der Waals surface area contributed by atoms with Crippen molar-refractivity contribution < 1.29 is 0 Å². The summed E-state index contributed by atoms with van der Waals surface area (Å²) in [5.41, 5.74) is 4.98. The molecule has 0 N–H and O–H groups in total. The smallest absolute Gasteiger partial charge is 0.155 e. The van der Waals surface area contributed by atoms with Crippen LogP contribution >= 0.6 is 0 Å². The summed E-state index contributed by atoms with van der Waals surface area (Å²) in [6, 6.07) is 31.9. The quantitative estimate of drug-likeness (QED) is 0.528. The molecule has 1 nitrogen and oxygen atoms in total. The van der Waals surface area contributed by atoms with Crippen molar-refractivity contribution in [3.05, 3.63) is 115 Å². The van der Waals surface area contributed by atoms with Crippen LogP contribution in [0.1, 0.15) is 5.56 Å². The molecule has 4 rings (SSSR count). The van der Waals surface area contributed by atoms with Crippen LogP contribution in [0.2, 0.25) is 0 Å². The van der Waals surface area contributed by atoms with Gasteiger partial charge in [0.05, 0.1) is 0 Å². The lowest BCUT2D eigenvalue weighted by Crippen LogP contribution is -2.34. The molecule has 0 atom stereocenters. The zero-order valence-corrected chi connectivity index (χ0v) is 12.8. The first-order valence-electron chi connectivity index (χ1n) is 7.87. The normalized spacial score (nSPS) is 15.4. The van der Waals surface area contributed by atoms with E-state index in [9.17, 15) is 0 Å². The third-order valence-corrected chi connectivity index (χ3v) is 4.34. The molecule has 0 bridgehead atoms. The number of nitrogens with zero attached hydrogens (tertiary/aromatic N) is 1. The Morgan fingerprint density at radius 1 is 0.522 bits per heavy atom. The average molecular weight is 296 g/mol. The third kappa shape index (κ3) is 2.23. The van der Waals surface area contributed by atoms with Gasteiger partial charge in [-0.1, -0.05) is 54.6 Å². The topological polar surface area (TPSA) is 0 Å². The second kappa shape index (κ2) is 5.71. The molecule has 0 saturated heterocycles. The Bertz CT molecular complexity index is 807. The molecule has 0 aromatic heterocycles. The van der Waals surface area contributed by atoms with Gasteiger partial charge in [0.1, 0.15) is 17.6 Å². The Balaban J connectivity index is 1.98. The summed E-state index contributed by atoms with van der Waals surface area (Å²) < 4.78 is 0.617. The van der Waals surface area contributed by atoms with Gasteiger partial charge in [-0.2, -0.15) is 4.48 Å². The predicted molar refractivity (Wildman–Crippen MR) is 97.9 cm³/mol. The maximum Gasteiger partial charge on any atom is 0.155 e. The number of quaternary nitrogens is 1. The first-order valence-corrected chi connectivity index (χ1v) is 7.87. The van der Waals surface area contributed by atoms with Crippen LogP contribution in [0.15, 0.2) is 109 Å². The van der Waals surface area contributed by atoms with E-state index in [2.05, 4.69) is 109 Å². The van der Waals surface area contributed by atoms with Crippen LogP contribution in [0.4, 0.5) is 11.4 Å². The molecule has 1 heteroatoms. The third-order valence-electron chi connectivity index (χ3n) is 4.34. The maximum atomic E-state index is 2.26. The molecule has 3 aromatic carbocycles. The van der Waals surface area contributed by atoms with Crippen molar-refractivity contribution in [2.75, 3.05) is 0 Å². The van der Waals surface area contributed by atoms with E-state index >= 15 is 0 Å². The van der Waals surface area contributed by atoms with E-state index in [1.807, 2.05) is 0 Å². The highest BCUT2D eigenvalue weighted by Crippen LogP contribution is 2.46. The van der Waals surface area contributed by atoms with Crippen molar-refractivity contribution in [2.45, 2.75) is 0 Å². The lowest BCUT2D eigenvalue weighted by Gasteiger charge is -2.33. The van der Waals surface area contributed by atoms with Crippen LogP contribution in [0.25, 0.3) is 5.70 Å². The van der Waals surface area contributed by atoms with Crippen molar-refractivity contribution in [1.82, 2.24) is 4.48 Å². The van der Waals surface area contributed by atoms with Crippen molar-refractivity contribution in [2.24, 2.45) is 0 Å². The van der Waals surface area contributed by atoms with Gasteiger partial charge in [0.25, 0.3) is 0 Å². The van der Waals surface area contributed by atoms with Gasteiger partial charge >= 0.3 is 0 Å². The molecule has 0 spiro atoms. The van der Waals surface area contributed by atoms with Gasteiger partial charge < -0.3 is 0 Å². The highest BCUT2D eigenvalue weighted by molar-refractivity contribution is 5.87. The molecule has 0 aliphatic carbocycles. The highest BCUT2D eigenvalue weighted by atomic mass is 15.4. The monoisotopic (exact) mass is 296 g/mol. The highest BCUT2D eigenvalue weighted by Gasteiger charge is 2.39. The predicted octanol–water partition coefficient (Wildman–Crippen LogP) is 5.89. The van der Waals surface area contributed by atoms with E-state index < -0.39 is 0 Å². The minimum Gasteiger partial charge on any atom is -0.200 e. The van der Waals surface area contributed by atoms with Gasteiger partial charge in [0.15, 0.2) is 5.70 Å².